The first-order valence-electron chi connectivity index (χ1n) is 11.9. The number of benzene rings is 3. The Hall–Kier alpha value is -2.63. The highest BCUT2D eigenvalue weighted by Gasteiger charge is 2.31. The van der Waals surface area contributed by atoms with Crippen molar-refractivity contribution in [1.29, 1.82) is 0 Å². The average molecular weight is 597 g/mol. The summed E-state index contributed by atoms with van der Waals surface area (Å²) >= 11 is 12.2. The number of sulfonamides is 2. The minimum absolute atomic E-state index is 0.0342. The largest absolute Gasteiger partial charge is 0.326 e. The van der Waals surface area contributed by atoms with Crippen LogP contribution in [0, 0.1) is 12.8 Å². The van der Waals surface area contributed by atoms with Gasteiger partial charge in [0.1, 0.15) is 0 Å². The Morgan fingerprint density at radius 3 is 2.18 bits per heavy atom. The normalized spacial score (nSPS) is 15.2. The molecule has 8 nitrogen and oxygen atoms in total. The number of rotatable bonds is 8. The Labute approximate surface area is 233 Å². The van der Waals surface area contributed by atoms with Crippen molar-refractivity contribution in [3.05, 3.63) is 87.9 Å². The zero-order valence-corrected chi connectivity index (χ0v) is 23.7. The fraction of sp³-hybridized carbons (Fsp3) is 0.269. The minimum Gasteiger partial charge on any atom is -0.326 e. The molecule has 0 aliphatic carbocycles. The Morgan fingerprint density at radius 1 is 0.895 bits per heavy atom. The van der Waals surface area contributed by atoms with Gasteiger partial charge in [-0.1, -0.05) is 47.5 Å². The van der Waals surface area contributed by atoms with Gasteiger partial charge in [-0.2, -0.15) is 0 Å². The molecule has 3 aromatic rings. The molecule has 1 amide bonds. The van der Waals surface area contributed by atoms with Crippen molar-refractivity contribution < 1.29 is 21.6 Å². The lowest BCUT2D eigenvalue weighted by Crippen LogP contribution is -2.41. The molecule has 1 aliphatic heterocycles. The summed E-state index contributed by atoms with van der Waals surface area (Å²) in [4.78, 5) is 12.8. The smallest absolute Gasteiger partial charge is 0.261 e. The summed E-state index contributed by atoms with van der Waals surface area (Å²) in [7, 11) is -7.42. The first kappa shape index (κ1) is 28.4. The van der Waals surface area contributed by atoms with Crippen LogP contribution in [0.25, 0.3) is 0 Å². The van der Waals surface area contributed by atoms with E-state index in [1.54, 1.807) is 49.4 Å². The second-order valence-electron chi connectivity index (χ2n) is 9.05. The third-order valence-corrected chi connectivity index (χ3v) is 10.4. The van der Waals surface area contributed by atoms with E-state index in [4.69, 9.17) is 23.2 Å². The van der Waals surface area contributed by atoms with Gasteiger partial charge in [0, 0.05) is 34.7 Å². The van der Waals surface area contributed by atoms with Crippen molar-refractivity contribution in [2.45, 2.75) is 30.4 Å². The van der Waals surface area contributed by atoms with E-state index in [1.807, 2.05) is 0 Å². The maximum atomic E-state index is 12.8. The van der Waals surface area contributed by atoms with E-state index in [0.29, 0.717) is 45.4 Å². The minimum atomic E-state index is -3.86. The van der Waals surface area contributed by atoms with Crippen LogP contribution in [0.15, 0.2) is 71.6 Å². The zero-order valence-electron chi connectivity index (χ0n) is 20.5. The van der Waals surface area contributed by atoms with Crippen LogP contribution in [0.1, 0.15) is 24.0 Å². The van der Waals surface area contributed by atoms with Gasteiger partial charge in [-0.25, -0.2) is 21.1 Å². The van der Waals surface area contributed by atoms with Crippen molar-refractivity contribution in [3.8, 4) is 0 Å². The Kier molecular flexibility index (Phi) is 8.68. The third-order valence-electron chi connectivity index (χ3n) is 6.46. The molecule has 0 unspecified atom stereocenters. The number of nitrogens with zero attached hydrogens (tertiary/aromatic N) is 1. The summed E-state index contributed by atoms with van der Waals surface area (Å²) < 4.78 is 55.2. The van der Waals surface area contributed by atoms with Gasteiger partial charge in [0.15, 0.2) is 0 Å². The van der Waals surface area contributed by atoms with Gasteiger partial charge in [0.2, 0.25) is 15.9 Å². The van der Waals surface area contributed by atoms with Crippen LogP contribution in [0.5, 0.6) is 0 Å². The molecule has 12 heteroatoms. The van der Waals surface area contributed by atoms with Crippen molar-refractivity contribution in [1.82, 2.24) is 4.31 Å². The molecule has 3 aromatic carbocycles. The van der Waals surface area contributed by atoms with Gasteiger partial charge < -0.3 is 5.32 Å². The molecule has 1 fully saturated rings. The van der Waals surface area contributed by atoms with Gasteiger partial charge in [0.05, 0.1) is 16.3 Å². The zero-order chi connectivity index (χ0) is 27.5. The number of carbonyl (C=O) groups is 1. The molecule has 2 N–H and O–H groups in total. The second kappa shape index (κ2) is 11.6. The van der Waals surface area contributed by atoms with E-state index in [0.717, 1.165) is 0 Å². The quantitative estimate of drug-likeness (QED) is 0.367. The summed E-state index contributed by atoms with van der Waals surface area (Å²) in [6.07, 6.45) is 0.756. The number of anilines is 2. The second-order valence-corrected chi connectivity index (χ2v) is 13.5. The maximum absolute atomic E-state index is 12.8. The summed E-state index contributed by atoms with van der Waals surface area (Å²) in [6.45, 7) is 2.19. The van der Waals surface area contributed by atoms with Gasteiger partial charge >= 0.3 is 0 Å². The lowest BCUT2D eigenvalue weighted by atomic mass is 9.97. The van der Waals surface area contributed by atoms with Crippen LogP contribution in [0.3, 0.4) is 0 Å². The molecule has 202 valence electrons. The van der Waals surface area contributed by atoms with E-state index in [2.05, 4.69) is 10.0 Å². The number of halogens is 2. The molecule has 0 saturated carbocycles. The first-order valence-corrected chi connectivity index (χ1v) is 15.7. The number of carbonyl (C=O) groups excluding carboxylic acids is 1. The van der Waals surface area contributed by atoms with Crippen LogP contribution >= 0.6 is 23.2 Å². The standard InChI is InChI=1S/C26H27Cl2N3O5S2/c1-18-23(27)7-4-8-25(18)30-38(35,36)22-11-9-21(10-12-22)29-26(32)19-13-15-31(16-14-19)37(33,34)17-20-5-2-3-6-24(20)28/h2-12,19,30H,13-17H2,1H3,(H,29,32). The van der Waals surface area contributed by atoms with Crippen LogP contribution in [0.2, 0.25) is 10.0 Å². The predicted molar refractivity (Wildman–Crippen MR) is 150 cm³/mol. The molecule has 0 bridgehead atoms. The fourth-order valence-corrected chi connectivity index (χ4v) is 7.36. The van der Waals surface area contributed by atoms with Gasteiger partial charge in [-0.3, -0.25) is 9.52 Å². The van der Waals surface area contributed by atoms with Gasteiger partial charge in [-0.05, 0) is 73.4 Å². The summed E-state index contributed by atoms with van der Waals surface area (Å²) in [5.74, 6) is -0.793. The highest BCUT2D eigenvalue weighted by molar-refractivity contribution is 7.92. The van der Waals surface area contributed by atoms with E-state index < -0.39 is 20.0 Å². The lowest BCUT2D eigenvalue weighted by molar-refractivity contribution is -0.120. The molecule has 1 aliphatic rings. The molecule has 0 aromatic heterocycles. The van der Waals surface area contributed by atoms with E-state index >= 15 is 0 Å². The van der Waals surface area contributed by atoms with Crippen molar-refractivity contribution in [2.24, 2.45) is 5.92 Å². The Balaban J connectivity index is 1.33. The van der Waals surface area contributed by atoms with Crippen LogP contribution in [-0.4, -0.2) is 40.1 Å². The van der Waals surface area contributed by atoms with Gasteiger partial charge in [-0.15, -0.1) is 0 Å². The Morgan fingerprint density at radius 2 is 1.53 bits per heavy atom. The summed E-state index contributed by atoms with van der Waals surface area (Å²) in [5.41, 5.74) is 1.98. The van der Waals surface area contributed by atoms with E-state index in [1.165, 1.54) is 28.6 Å². The van der Waals surface area contributed by atoms with Crippen molar-refractivity contribution in [2.75, 3.05) is 23.1 Å². The molecule has 0 atom stereocenters. The number of amides is 1. The van der Waals surface area contributed by atoms with E-state index in [9.17, 15) is 21.6 Å². The summed E-state index contributed by atoms with van der Waals surface area (Å²) in [6, 6.07) is 17.6. The van der Waals surface area contributed by atoms with Crippen LogP contribution < -0.4 is 10.0 Å². The number of hydrogen-bond acceptors (Lipinski definition) is 5. The molecule has 0 radical (unpaired) electrons. The SMILES string of the molecule is Cc1c(Cl)cccc1NS(=O)(=O)c1ccc(NC(=O)C2CCN(S(=O)(=O)Cc3ccccc3Cl)CC2)cc1. The monoisotopic (exact) mass is 595 g/mol. The molecule has 38 heavy (non-hydrogen) atoms. The highest BCUT2D eigenvalue weighted by atomic mass is 35.5. The molecule has 1 saturated heterocycles. The Bertz CT molecular complexity index is 1540. The molecular weight excluding hydrogens is 569 g/mol. The maximum Gasteiger partial charge on any atom is 0.261 e. The number of nitrogens with one attached hydrogen (secondary N) is 2. The third kappa shape index (κ3) is 6.68. The van der Waals surface area contributed by atoms with Crippen molar-refractivity contribution in [3.63, 3.8) is 0 Å². The van der Waals surface area contributed by atoms with Gasteiger partial charge in [0.25, 0.3) is 10.0 Å². The van der Waals surface area contributed by atoms with Crippen LogP contribution in [-0.2, 0) is 30.6 Å². The summed E-state index contributed by atoms with van der Waals surface area (Å²) in [5, 5.41) is 3.65. The highest BCUT2D eigenvalue weighted by Crippen LogP contribution is 2.27. The molecular formula is C26H27Cl2N3O5S2. The number of hydrogen-bond donors (Lipinski definition) is 2. The average Bonchev–Trinajstić information content (AvgIpc) is 2.88. The first-order chi connectivity index (χ1) is 18.0. The molecule has 1 heterocycles. The van der Waals surface area contributed by atoms with Crippen LogP contribution in [0.4, 0.5) is 11.4 Å². The molecule has 4 rings (SSSR count). The lowest BCUT2D eigenvalue weighted by Gasteiger charge is -2.30. The fourth-order valence-electron chi connectivity index (χ4n) is 4.18. The van der Waals surface area contributed by atoms with Crippen molar-refractivity contribution >= 4 is 60.5 Å². The predicted octanol–water partition coefficient (Wildman–Crippen LogP) is 5.28. The molecule has 0 spiro atoms. The van der Waals surface area contributed by atoms with E-state index in [-0.39, 0.29) is 35.6 Å². The number of piperidine rings is 1. The topological polar surface area (TPSA) is 113 Å².